The molecule has 2 aromatic carbocycles. The number of halogens is 2. The van der Waals surface area contributed by atoms with Crippen LogP contribution in [-0.4, -0.2) is 22.9 Å². The Morgan fingerprint density at radius 3 is 2.68 bits per heavy atom. The van der Waals surface area contributed by atoms with E-state index in [1.54, 1.807) is 0 Å². The molecular formula is C15H9F2N3O4S. The fraction of sp³-hybridized carbons (Fsp3) is 0.0667. The number of amides is 1. The molecule has 3 rings (SSSR count). The third kappa shape index (κ3) is 3.24. The first-order valence-electron chi connectivity index (χ1n) is 6.78. The molecule has 0 unspecified atom stereocenters. The molecule has 25 heavy (non-hydrogen) atoms. The van der Waals surface area contributed by atoms with Crippen LogP contribution in [0.25, 0.3) is 10.2 Å². The van der Waals surface area contributed by atoms with Crippen LogP contribution in [0.3, 0.4) is 0 Å². The molecule has 7 nitrogen and oxygen atoms in total. The van der Waals surface area contributed by atoms with Crippen LogP contribution in [0.1, 0.15) is 10.4 Å². The summed E-state index contributed by atoms with van der Waals surface area (Å²) in [6, 6.07) is 5.48. The molecule has 1 N–H and O–H groups in total. The second kappa shape index (κ2) is 6.40. The van der Waals surface area contributed by atoms with E-state index < -0.39 is 22.5 Å². The molecule has 1 aromatic heterocycles. The molecule has 0 saturated heterocycles. The number of rotatable bonds is 4. The molecule has 0 fully saturated rings. The largest absolute Gasteiger partial charge is 0.496 e. The first-order chi connectivity index (χ1) is 11.9. The van der Waals surface area contributed by atoms with E-state index in [1.165, 1.54) is 19.2 Å². The van der Waals surface area contributed by atoms with Crippen molar-refractivity contribution in [3.8, 4) is 5.75 Å². The zero-order valence-corrected chi connectivity index (χ0v) is 13.4. The van der Waals surface area contributed by atoms with Crippen molar-refractivity contribution in [1.82, 2.24) is 4.98 Å². The van der Waals surface area contributed by atoms with Gasteiger partial charge >= 0.3 is 0 Å². The summed E-state index contributed by atoms with van der Waals surface area (Å²) in [5.41, 5.74) is -0.155. The zero-order valence-electron chi connectivity index (χ0n) is 12.6. The molecule has 10 heteroatoms. The third-order valence-electron chi connectivity index (χ3n) is 3.29. The summed E-state index contributed by atoms with van der Waals surface area (Å²) in [6.45, 7) is 0. The van der Waals surface area contributed by atoms with Gasteiger partial charge in [-0.05, 0) is 12.1 Å². The van der Waals surface area contributed by atoms with E-state index in [1.807, 2.05) is 0 Å². The number of ether oxygens (including phenoxy) is 1. The lowest BCUT2D eigenvalue weighted by Gasteiger charge is -2.07. The highest BCUT2D eigenvalue weighted by molar-refractivity contribution is 7.22. The summed E-state index contributed by atoms with van der Waals surface area (Å²) in [6.07, 6.45) is 0. The Morgan fingerprint density at radius 2 is 2.00 bits per heavy atom. The minimum Gasteiger partial charge on any atom is -0.496 e. The second-order valence-electron chi connectivity index (χ2n) is 4.85. The van der Waals surface area contributed by atoms with Gasteiger partial charge < -0.3 is 4.74 Å². The number of nitro groups is 1. The van der Waals surface area contributed by atoms with Crippen molar-refractivity contribution in [3.05, 3.63) is 57.6 Å². The predicted molar refractivity (Wildman–Crippen MR) is 87.1 cm³/mol. The van der Waals surface area contributed by atoms with Crippen molar-refractivity contribution in [1.29, 1.82) is 0 Å². The number of non-ortho nitro benzene ring substituents is 1. The van der Waals surface area contributed by atoms with Crippen LogP contribution in [0.2, 0.25) is 0 Å². The molecule has 0 spiro atoms. The van der Waals surface area contributed by atoms with Crippen molar-refractivity contribution < 1.29 is 23.2 Å². The third-order valence-corrected chi connectivity index (χ3v) is 4.22. The van der Waals surface area contributed by atoms with E-state index >= 15 is 0 Å². The Morgan fingerprint density at radius 1 is 1.28 bits per heavy atom. The maximum atomic E-state index is 13.2. The van der Waals surface area contributed by atoms with Crippen LogP contribution in [0.5, 0.6) is 5.75 Å². The Balaban J connectivity index is 1.94. The number of nitro benzene ring substituents is 1. The van der Waals surface area contributed by atoms with Crippen molar-refractivity contribution in [3.63, 3.8) is 0 Å². The summed E-state index contributed by atoms with van der Waals surface area (Å²) in [4.78, 5) is 26.6. The summed E-state index contributed by atoms with van der Waals surface area (Å²) >= 11 is 0.943. The number of anilines is 1. The van der Waals surface area contributed by atoms with Crippen LogP contribution < -0.4 is 10.1 Å². The molecule has 0 radical (unpaired) electrons. The summed E-state index contributed by atoms with van der Waals surface area (Å²) < 4.78 is 31.8. The van der Waals surface area contributed by atoms with Crippen molar-refractivity contribution >= 4 is 38.3 Å². The monoisotopic (exact) mass is 365 g/mol. The fourth-order valence-corrected chi connectivity index (χ4v) is 3.00. The molecule has 0 aliphatic heterocycles. The minimum absolute atomic E-state index is 0.0617. The van der Waals surface area contributed by atoms with Gasteiger partial charge in [0.25, 0.3) is 11.6 Å². The number of methoxy groups -OCH3 is 1. The first-order valence-corrected chi connectivity index (χ1v) is 7.60. The van der Waals surface area contributed by atoms with E-state index in [4.69, 9.17) is 4.74 Å². The molecule has 128 valence electrons. The van der Waals surface area contributed by atoms with Gasteiger partial charge in [0.15, 0.2) is 16.8 Å². The maximum absolute atomic E-state index is 13.2. The fourth-order valence-electron chi connectivity index (χ4n) is 2.13. The van der Waals surface area contributed by atoms with Gasteiger partial charge in [0.05, 0.1) is 27.8 Å². The van der Waals surface area contributed by atoms with E-state index in [-0.39, 0.29) is 27.6 Å². The van der Waals surface area contributed by atoms with E-state index in [2.05, 4.69) is 10.3 Å². The van der Waals surface area contributed by atoms with Crippen LogP contribution in [-0.2, 0) is 0 Å². The standard InChI is InChI=1S/C15H9F2N3O4S/c1-24-12-3-2-7(20(22)23)4-8(12)14(21)19-15-18-11-5-9(16)10(17)6-13(11)25-15/h2-6H,1H3,(H,18,19,21). The van der Waals surface area contributed by atoms with Gasteiger partial charge in [-0.25, -0.2) is 13.8 Å². The molecule has 0 aliphatic rings. The number of hydrogen-bond acceptors (Lipinski definition) is 6. The number of hydrogen-bond donors (Lipinski definition) is 1. The maximum Gasteiger partial charge on any atom is 0.270 e. The van der Waals surface area contributed by atoms with Gasteiger partial charge in [0.1, 0.15) is 5.75 Å². The molecular weight excluding hydrogens is 356 g/mol. The minimum atomic E-state index is -1.05. The Hall–Kier alpha value is -3.14. The number of nitrogens with one attached hydrogen (secondary N) is 1. The zero-order chi connectivity index (χ0) is 18.1. The quantitative estimate of drug-likeness (QED) is 0.561. The van der Waals surface area contributed by atoms with E-state index in [0.717, 1.165) is 29.5 Å². The highest BCUT2D eigenvalue weighted by Crippen LogP contribution is 2.29. The van der Waals surface area contributed by atoms with Crippen LogP contribution in [0.4, 0.5) is 19.6 Å². The SMILES string of the molecule is COc1ccc([N+](=O)[O-])cc1C(=O)Nc1nc2cc(F)c(F)cc2s1. The summed E-state index contributed by atoms with van der Waals surface area (Å²) in [7, 11) is 1.32. The van der Waals surface area contributed by atoms with Crippen molar-refractivity contribution in [2.45, 2.75) is 0 Å². The predicted octanol–water partition coefficient (Wildman–Crippen LogP) is 3.74. The Kier molecular flexibility index (Phi) is 4.28. The first kappa shape index (κ1) is 16.7. The van der Waals surface area contributed by atoms with E-state index in [9.17, 15) is 23.7 Å². The van der Waals surface area contributed by atoms with Crippen LogP contribution in [0, 0.1) is 21.7 Å². The molecule has 0 saturated carbocycles. The van der Waals surface area contributed by atoms with Gasteiger partial charge in [-0.2, -0.15) is 0 Å². The number of nitrogens with zero attached hydrogens (tertiary/aromatic N) is 2. The van der Waals surface area contributed by atoms with Crippen molar-refractivity contribution in [2.24, 2.45) is 0 Å². The molecule has 3 aromatic rings. The van der Waals surface area contributed by atoms with Gasteiger partial charge in [0, 0.05) is 18.2 Å². The van der Waals surface area contributed by atoms with Crippen LogP contribution >= 0.6 is 11.3 Å². The molecule has 0 aliphatic carbocycles. The number of aromatic nitrogens is 1. The van der Waals surface area contributed by atoms with Crippen molar-refractivity contribution in [2.75, 3.05) is 12.4 Å². The lowest BCUT2D eigenvalue weighted by Crippen LogP contribution is -2.13. The average molecular weight is 365 g/mol. The molecule has 1 heterocycles. The molecule has 0 atom stereocenters. The lowest BCUT2D eigenvalue weighted by molar-refractivity contribution is -0.384. The number of fused-ring (bicyclic) bond motifs is 1. The number of thiazole rings is 1. The lowest BCUT2D eigenvalue weighted by atomic mass is 10.1. The summed E-state index contributed by atoms with van der Waals surface area (Å²) in [5.74, 6) is -2.62. The highest BCUT2D eigenvalue weighted by atomic mass is 32.1. The van der Waals surface area contributed by atoms with Gasteiger partial charge in [-0.15, -0.1) is 0 Å². The van der Waals surface area contributed by atoms with Gasteiger partial charge in [0.2, 0.25) is 0 Å². The van der Waals surface area contributed by atoms with E-state index in [0.29, 0.717) is 4.70 Å². The molecule has 1 amide bonds. The smallest absolute Gasteiger partial charge is 0.270 e. The van der Waals surface area contributed by atoms with Gasteiger partial charge in [-0.1, -0.05) is 11.3 Å². The molecule has 0 bridgehead atoms. The second-order valence-corrected chi connectivity index (χ2v) is 5.88. The highest BCUT2D eigenvalue weighted by Gasteiger charge is 2.19. The Labute approximate surface area is 143 Å². The summed E-state index contributed by atoms with van der Waals surface area (Å²) in [5, 5.41) is 13.4. The van der Waals surface area contributed by atoms with Crippen LogP contribution in [0.15, 0.2) is 30.3 Å². The average Bonchev–Trinajstić information content (AvgIpc) is 2.95. The normalized spacial score (nSPS) is 10.7. The number of carbonyl (C=O) groups excluding carboxylic acids is 1. The topological polar surface area (TPSA) is 94.4 Å². The Bertz CT molecular complexity index is 967. The number of benzene rings is 2. The number of carbonyl (C=O) groups is 1. The van der Waals surface area contributed by atoms with Gasteiger partial charge in [-0.3, -0.25) is 20.2 Å².